The average molecular weight is 457 g/mol. The summed E-state index contributed by atoms with van der Waals surface area (Å²) in [7, 11) is -3.62. The molecule has 0 aromatic heterocycles. The summed E-state index contributed by atoms with van der Waals surface area (Å²) in [5.41, 5.74) is 1.18. The third-order valence-electron chi connectivity index (χ3n) is 5.51. The molecule has 2 aliphatic rings. The van der Waals surface area contributed by atoms with Gasteiger partial charge in [0, 0.05) is 25.2 Å². The Balaban J connectivity index is 1.39. The predicted molar refractivity (Wildman–Crippen MR) is 117 cm³/mol. The summed E-state index contributed by atoms with van der Waals surface area (Å²) in [5, 5.41) is 5.19. The Morgan fingerprint density at radius 2 is 1.75 bits per heavy atom. The van der Waals surface area contributed by atoms with Crippen molar-refractivity contribution in [3.05, 3.63) is 60.2 Å². The lowest BCUT2D eigenvalue weighted by Gasteiger charge is -2.17. The van der Waals surface area contributed by atoms with Crippen LogP contribution in [0.15, 0.2) is 59.5 Å². The quantitative estimate of drug-likeness (QED) is 0.614. The van der Waals surface area contributed by atoms with Crippen molar-refractivity contribution in [2.45, 2.75) is 30.2 Å². The second kappa shape index (κ2) is 9.09. The number of sulfonamides is 1. The number of carbonyl (C=O) groups excluding carboxylic acids is 3. The summed E-state index contributed by atoms with van der Waals surface area (Å²) >= 11 is 0. The molecule has 32 heavy (non-hydrogen) atoms. The Morgan fingerprint density at radius 1 is 1.03 bits per heavy atom. The zero-order valence-corrected chi connectivity index (χ0v) is 18.2. The van der Waals surface area contributed by atoms with Gasteiger partial charge in [0.2, 0.25) is 15.9 Å². The SMILES string of the molecule is O=C(CN1C(=O)N[C@@H](Cc2ccccc2)C1=O)Nc1cccc(S(=O)(=O)N2CCCC2)c1. The van der Waals surface area contributed by atoms with Crippen molar-refractivity contribution < 1.29 is 22.8 Å². The van der Waals surface area contributed by atoms with E-state index in [-0.39, 0.29) is 10.6 Å². The first-order valence-corrected chi connectivity index (χ1v) is 11.8. The second-order valence-corrected chi connectivity index (χ2v) is 9.74. The fraction of sp³-hybridized carbons (Fsp3) is 0.318. The van der Waals surface area contributed by atoms with E-state index in [0.29, 0.717) is 19.5 Å². The number of carbonyl (C=O) groups is 3. The highest BCUT2D eigenvalue weighted by Gasteiger charge is 2.39. The van der Waals surface area contributed by atoms with E-state index >= 15 is 0 Å². The standard InChI is InChI=1S/C22H24N4O5S/c27-20(15-26-21(28)19(24-22(26)29)13-16-7-2-1-3-8-16)23-17-9-6-10-18(14-17)32(30,31)25-11-4-5-12-25/h1-3,6-10,14,19H,4-5,11-13,15H2,(H,23,27)(H,24,29)/t19-/m0/s1. The van der Waals surface area contributed by atoms with Gasteiger partial charge in [-0.1, -0.05) is 36.4 Å². The molecule has 10 heteroatoms. The molecule has 0 aliphatic carbocycles. The fourth-order valence-electron chi connectivity index (χ4n) is 3.87. The first-order valence-electron chi connectivity index (χ1n) is 10.4. The van der Waals surface area contributed by atoms with Crippen LogP contribution in [0.2, 0.25) is 0 Å². The summed E-state index contributed by atoms with van der Waals surface area (Å²) in [5.74, 6) is -1.07. The molecule has 0 saturated carbocycles. The van der Waals surface area contributed by atoms with Gasteiger partial charge in [0.05, 0.1) is 4.90 Å². The number of hydrogen-bond acceptors (Lipinski definition) is 5. The summed E-state index contributed by atoms with van der Waals surface area (Å²) in [6.45, 7) is 0.504. The Kier molecular flexibility index (Phi) is 6.24. The summed E-state index contributed by atoms with van der Waals surface area (Å²) in [6.07, 6.45) is 1.99. The summed E-state index contributed by atoms with van der Waals surface area (Å²) in [4.78, 5) is 38.3. The van der Waals surface area contributed by atoms with Gasteiger partial charge < -0.3 is 10.6 Å². The van der Waals surface area contributed by atoms with Crippen LogP contribution in [0.4, 0.5) is 10.5 Å². The van der Waals surface area contributed by atoms with Crippen LogP contribution in [0.5, 0.6) is 0 Å². The zero-order valence-electron chi connectivity index (χ0n) is 17.4. The van der Waals surface area contributed by atoms with Crippen molar-refractivity contribution >= 4 is 33.6 Å². The average Bonchev–Trinajstić information content (AvgIpc) is 3.41. The van der Waals surface area contributed by atoms with Crippen LogP contribution in [-0.4, -0.2) is 61.1 Å². The fourth-order valence-corrected chi connectivity index (χ4v) is 5.43. The van der Waals surface area contributed by atoms with E-state index in [1.165, 1.54) is 16.4 Å². The third-order valence-corrected chi connectivity index (χ3v) is 7.41. The molecule has 0 bridgehead atoms. The van der Waals surface area contributed by atoms with Crippen molar-refractivity contribution in [1.82, 2.24) is 14.5 Å². The molecule has 2 aromatic carbocycles. The van der Waals surface area contributed by atoms with Crippen LogP contribution >= 0.6 is 0 Å². The number of imide groups is 1. The highest BCUT2D eigenvalue weighted by Crippen LogP contribution is 2.23. The monoisotopic (exact) mass is 456 g/mol. The second-order valence-electron chi connectivity index (χ2n) is 7.80. The van der Waals surface area contributed by atoms with Crippen molar-refractivity contribution in [3.8, 4) is 0 Å². The number of benzene rings is 2. The third kappa shape index (κ3) is 4.66. The molecule has 2 aliphatic heterocycles. The van der Waals surface area contributed by atoms with Gasteiger partial charge in [-0.25, -0.2) is 13.2 Å². The van der Waals surface area contributed by atoms with Gasteiger partial charge in [-0.15, -0.1) is 0 Å². The Labute approximate surface area is 186 Å². The number of rotatable bonds is 7. The van der Waals surface area contributed by atoms with Gasteiger partial charge in [-0.3, -0.25) is 14.5 Å². The molecule has 2 N–H and O–H groups in total. The molecule has 9 nitrogen and oxygen atoms in total. The molecule has 2 saturated heterocycles. The molecular weight excluding hydrogens is 432 g/mol. The topological polar surface area (TPSA) is 116 Å². The number of nitrogens with one attached hydrogen (secondary N) is 2. The first kappa shape index (κ1) is 22.0. The van der Waals surface area contributed by atoms with Crippen LogP contribution in [0, 0.1) is 0 Å². The summed E-state index contributed by atoms with van der Waals surface area (Å²) in [6, 6.07) is 13.9. The van der Waals surface area contributed by atoms with Gasteiger partial charge in [-0.05, 0) is 36.6 Å². The molecule has 4 rings (SSSR count). The smallest absolute Gasteiger partial charge is 0.325 e. The lowest BCUT2D eigenvalue weighted by atomic mass is 10.1. The van der Waals surface area contributed by atoms with Gasteiger partial charge in [0.25, 0.3) is 5.91 Å². The van der Waals surface area contributed by atoms with Crippen molar-refractivity contribution in [2.75, 3.05) is 25.0 Å². The van der Waals surface area contributed by atoms with Crippen LogP contribution in [0.25, 0.3) is 0 Å². The molecule has 4 amide bonds. The molecule has 0 spiro atoms. The predicted octanol–water partition coefficient (Wildman–Crippen LogP) is 1.57. The lowest BCUT2D eigenvalue weighted by molar-refractivity contribution is -0.130. The minimum atomic E-state index is -3.62. The van der Waals surface area contributed by atoms with Crippen molar-refractivity contribution in [1.29, 1.82) is 0 Å². The van der Waals surface area contributed by atoms with Gasteiger partial charge in [0.15, 0.2) is 0 Å². The van der Waals surface area contributed by atoms with Crippen LogP contribution in [0.1, 0.15) is 18.4 Å². The van der Waals surface area contributed by atoms with E-state index in [1.807, 2.05) is 30.3 Å². The zero-order chi connectivity index (χ0) is 22.7. The molecule has 0 unspecified atom stereocenters. The van der Waals surface area contributed by atoms with E-state index < -0.39 is 40.5 Å². The van der Waals surface area contributed by atoms with E-state index in [2.05, 4.69) is 10.6 Å². The highest BCUT2D eigenvalue weighted by molar-refractivity contribution is 7.89. The number of anilines is 1. The maximum Gasteiger partial charge on any atom is 0.325 e. The molecular formula is C22H24N4O5S. The maximum atomic E-state index is 12.7. The van der Waals surface area contributed by atoms with Gasteiger partial charge in [-0.2, -0.15) is 4.31 Å². The number of amides is 4. The molecule has 2 fully saturated rings. The molecule has 2 aromatic rings. The minimum Gasteiger partial charge on any atom is -0.325 e. The van der Waals surface area contributed by atoms with Gasteiger partial charge in [0.1, 0.15) is 12.6 Å². The largest absolute Gasteiger partial charge is 0.325 e. The van der Waals surface area contributed by atoms with Crippen LogP contribution < -0.4 is 10.6 Å². The highest BCUT2D eigenvalue weighted by atomic mass is 32.2. The normalized spacial score (nSPS) is 19.2. The molecule has 168 valence electrons. The molecule has 0 radical (unpaired) electrons. The van der Waals surface area contributed by atoms with Crippen LogP contribution in [-0.2, 0) is 26.0 Å². The maximum absolute atomic E-state index is 12.7. The molecule has 2 heterocycles. The van der Waals surface area contributed by atoms with E-state index in [9.17, 15) is 22.8 Å². The van der Waals surface area contributed by atoms with E-state index in [1.54, 1.807) is 12.1 Å². The lowest BCUT2D eigenvalue weighted by Crippen LogP contribution is -2.38. The van der Waals surface area contributed by atoms with Crippen LogP contribution in [0.3, 0.4) is 0 Å². The number of nitrogens with zero attached hydrogens (tertiary/aromatic N) is 2. The van der Waals surface area contributed by atoms with E-state index in [4.69, 9.17) is 0 Å². The van der Waals surface area contributed by atoms with Gasteiger partial charge >= 0.3 is 6.03 Å². The number of hydrogen-bond donors (Lipinski definition) is 2. The Morgan fingerprint density at radius 3 is 2.47 bits per heavy atom. The Hall–Kier alpha value is -3.24. The molecule has 1 atom stereocenters. The Bertz CT molecular complexity index is 1130. The van der Waals surface area contributed by atoms with E-state index in [0.717, 1.165) is 23.3 Å². The van der Waals surface area contributed by atoms with Crippen molar-refractivity contribution in [2.24, 2.45) is 0 Å². The summed E-state index contributed by atoms with van der Waals surface area (Å²) < 4.78 is 26.9. The number of urea groups is 1. The minimum absolute atomic E-state index is 0.0927. The van der Waals surface area contributed by atoms with Crippen molar-refractivity contribution in [3.63, 3.8) is 0 Å². The first-order chi connectivity index (χ1) is 15.3.